The Morgan fingerprint density at radius 1 is 1.47 bits per heavy atom. The molecular formula is C15H22N2O2. The molecule has 19 heavy (non-hydrogen) atoms. The van der Waals surface area contributed by atoms with Crippen molar-refractivity contribution < 1.29 is 9.53 Å². The molecule has 0 saturated carbocycles. The lowest BCUT2D eigenvalue weighted by Gasteiger charge is -2.39. The van der Waals surface area contributed by atoms with Crippen molar-refractivity contribution in [2.45, 2.75) is 26.0 Å². The van der Waals surface area contributed by atoms with Gasteiger partial charge in [0.05, 0.1) is 19.2 Å². The van der Waals surface area contributed by atoms with Crippen LogP contribution in [0.25, 0.3) is 0 Å². The molecule has 1 aromatic rings. The highest BCUT2D eigenvalue weighted by Gasteiger charge is 2.32. The van der Waals surface area contributed by atoms with Crippen LogP contribution in [0.15, 0.2) is 30.3 Å². The number of hydrogen-bond acceptors (Lipinski definition) is 3. The van der Waals surface area contributed by atoms with E-state index in [1.807, 2.05) is 49.1 Å². The molecule has 1 aromatic carbocycles. The van der Waals surface area contributed by atoms with Crippen LogP contribution in [-0.2, 0) is 9.53 Å². The van der Waals surface area contributed by atoms with Gasteiger partial charge >= 0.3 is 0 Å². The van der Waals surface area contributed by atoms with Crippen molar-refractivity contribution in [3.63, 3.8) is 0 Å². The lowest BCUT2D eigenvalue weighted by Crippen LogP contribution is -2.50. The van der Waals surface area contributed by atoms with Gasteiger partial charge in [0.15, 0.2) is 0 Å². The molecule has 2 rings (SSSR count). The summed E-state index contributed by atoms with van der Waals surface area (Å²) in [5, 5.41) is 0. The van der Waals surface area contributed by atoms with E-state index in [4.69, 9.17) is 10.5 Å². The van der Waals surface area contributed by atoms with Crippen LogP contribution >= 0.6 is 0 Å². The molecule has 1 aliphatic rings. The minimum Gasteiger partial charge on any atom is -0.370 e. The number of amides is 1. The van der Waals surface area contributed by atoms with Crippen LogP contribution in [0.2, 0.25) is 0 Å². The number of carbonyl (C=O) groups excluding carboxylic acids is 1. The summed E-state index contributed by atoms with van der Waals surface area (Å²) in [7, 11) is 0. The second-order valence-electron chi connectivity index (χ2n) is 5.21. The third kappa shape index (κ3) is 3.14. The van der Waals surface area contributed by atoms with Gasteiger partial charge in [-0.05, 0) is 12.5 Å². The van der Waals surface area contributed by atoms with Gasteiger partial charge in [-0.3, -0.25) is 4.79 Å². The first-order valence-corrected chi connectivity index (χ1v) is 6.80. The molecule has 1 amide bonds. The summed E-state index contributed by atoms with van der Waals surface area (Å²) in [6.07, 6.45) is -0.0358. The van der Waals surface area contributed by atoms with E-state index in [2.05, 4.69) is 0 Å². The average molecular weight is 262 g/mol. The van der Waals surface area contributed by atoms with Gasteiger partial charge in [0.1, 0.15) is 6.10 Å². The van der Waals surface area contributed by atoms with E-state index in [9.17, 15) is 4.79 Å². The Bertz CT molecular complexity index is 421. The quantitative estimate of drug-likeness (QED) is 0.899. The predicted molar refractivity (Wildman–Crippen MR) is 74.5 cm³/mol. The zero-order valence-electron chi connectivity index (χ0n) is 11.6. The molecule has 104 valence electrons. The number of rotatable bonds is 3. The number of hydrogen-bond donors (Lipinski definition) is 1. The number of nitrogens with zero attached hydrogens (tertiary/aromatic N) is 1. The SMILES string of the molecule is CC(CN)C(=O)N1CC(c2ccccc2)OCC1C. The highest BCUT2D eigenvalue weighted by molar-refractivity contribution is 5.79. The van der Waals surface area contributed by atoms with Crippen LogP contribution in [0.5, 0.6) is 0 Å². The monoisotopic (exact) mass is 262 g/mol. The first-order valence-electron chi connectivity index (χ1n) is 6.80. The number of morpholine rings is 1. The van der Waals surface area contributed by atoms with Gasteiger partial charge in [-0.2, -0.15) is 0 Å². The Morgan fingerprint density at radius 3 is 2.79 bits per heavy atom. The predicted octanol–water partition coefficient (Wildman–Crippen LogP) is 1.57. The van der Waals surface area contributed by atoms with Gasteiger partial charge in [0.2, 0.25) is 5.91 Å². The van der Waals surface area contributed by atoms with Crippen LogP contribution in [0.4, 0.5) is 0 Å². The Labute approximate surface area is 114 Å². The van der Waals surface area contributed by atoms with E-state index in [-0.39, 0.29) is 24.0 Å². The van der Waals surface area contributed by atoms with Gasteiger partial charge < -0.3 is 15.4 Å². The Balaban J connectivity index is 2.10. The molecule has 4 heteroatoms. The molecule has 2 N–H and O–H groups in total. The standard InChI is InChI=1S/C15H22N2O2/c1-11(8-16)15(18)17-9-14(19-10-12(17)2)13-6-4-3-5-7-13/h3-7,11-12,14H,8-10,16H2,1-2H3. The molecule has 3 atom stereocenters. The second-order valence-corrected chi connectivity index (χ2v) is 5.21. The molecule has 0 spiro atoms. The molecule has 4 nitrogen and oxygen atoms in total. The van der Waals surface area contributed by atoms with Crippen molar-refractivity contribution in [3.05, 3.63) is 35.9 Å². The van der Waals surface area contributed by atoms with Crippen LogP contribution in [0, 0.1) is 5.92 Å². The molecule has 1 saturated heterocycles. The zero-order chi connectivity index (χ0) is 13.8. The maximum Gasteiger partial charge on any atom is 0.227 e. The third-order valence-corrected chi connectivity index (χ3v) is 3.66. The third-order valence-electron chi connectivity index (χ3n) is 3.66. The summed E-state index contributed by atoms with van der Waals surface area (Å²) in [5.74, 6) is -0.00351. The van der Waals surface area contributed by atoms with E-state index < -0.39 is 0 Å². The Kier molecular flexibility index (Phi) is 4.56. The number of benzene rings is 1. The molecule has 1 fully saturated rings. The first-order chi connectivity index (χ1) is 9.13. The number of nitrogens with two attached hydrogens (primary N) is 1. The van der Waals surface area contributed by atoms with Crippen molar-refractivity contribution in [1.82, 2.24) is 4.90 Å². The van der Waals surface area contributed by atoms with E-state index in [0.717, 1.165) is 5.56 Å². The van der Waals surface area contributed by atoms with Crippen LogP contribution < -0.4 is 5.73 Å². The highest BCUT2D eigenvalue weighted by Crippen LogP contribution is 2.25. The topological polar surface area (TPSA) is 55.6 Å². The Morgan fingerprint density at radius 2 is 2.16 bits per heavy atom. The minimum absolute atomic E-state index is 0.0358. The van der Waals surface area contributed by atoms with Crippen molar-refractivity contribution in [3.8, 4) is 0 Å². The van der Waals surface area contributed by atoms with E-state index in [0.29, 0.717) is 19.7 Å². The average Bonchev–Trinajstić information content (AvgIpc) is 2.47. The number of carbonyl (C=O) groups is 1. The van der Waals surface area contributed by atoms with E-state index in [1.165, 1.54) is 0 Å². The molecule has 1 heterocycles. The highest BCUT2D eigenvalue weighted by atomic mass is 16.5. The van der Waals surface area contributed by atoms with Gasteiger partial charge in [0.25, 0.3) is 0 Å². The Hall–Kier alpha value is -1.39. The minimum atomic E-state index is -0.128. The lowest BCUT2D eigenvalue weighted by molar-refractivity contribution is -0.148. The van der Waals surface area contributed by atoms with Crippen molar-refractivity contribution in [2.24, 2.45) is 11.7 Å². The summed E-state index contributed by atoms with van der Waals surface area (Å²) in [6, 6.07) is 10.2. The fraction of sp³-hybridized carbons (Fsp3) is 0.533. The van der Waals surface area contributed by atoms with Gasteiger partial charge in [-0.15, -0.1) is 0 Å². The fourth-order valence-electron chi connectivity index (χ4n) is 2.32. The smallest absolute Gasteiger partial charge is 0.227 e. The fourth-order valence-corrected chi connectivity index (χ4v) is 2.32. The van der Waals surface area contributed by atoms with Gasteiger partial charge in [-0.1, -0.05) is 37.3 Å². The zero-order valence-corrected chi connectivity index (χ0v) is 11.6. The molecule has 0 radical (unpaired) electrons. The lowest BCUT2D eigenvalue weighted by atomic mass is 10.0. The second kappa shape index (κ2) is 6.17. The van der Waals surface area contributed by atoms with Crippen LogP contribution in [-0.4, -0.2) is 36.5 Å². The van der Waals surface area contributed by atoms with Crippen LogP contribution in [0.1, 0.15) is 25.5 Å². The molecule has 0 aliphatic carbocycles. The molecule has 0 aromatic heterocycles. The van der Waals surface area contributed by atoms with Gasteiger partial charge in [-0.25, -0.2) is 0 Å². The normalized spacial score (nSPS) is 25.1. The summed E-state index contributed by atoms with van der Waals surface area (Å²) in [5.41, 5.74) is 6.71. The van der Waals surface area contributed by atoms with Crippen molar-refractivity contribution in [1.29, 1.82) is 0 Å². The molecule has 3 unspecified atom stereocenters. The maximum atomic E-state index is 12.3. The summed E-state index contributed by atoms with van der Waals surface area (Å²) in [4.78, 5) is 14.2. The maximum absolute atomic E-state index is 12.3. The summed E-state index contributed by atoms with van der Waals surface area (Å²) in [6.45, 7) is 5.46. The van der Waals surface area contributed by atoms with E-state index in [1.54, 1.807) is 0 Å². The van der Waals surface area contributed by atoms with E-state index >= 15 is 0 Å². The van der Waals surface area contributed by atoms with Gasteiger partial charge in [0, 0.05) is 12.5 Å². The van der Waals surface area contributed by atoms with Crippen molar-refractivity contribution in [2.75, 3.05) is 19.7 Å². The summed E-state index contributed by atoms with van der Waals surface area (Å²) < 4.78 is 5.84. The largest absolute Gasteiger partial charge is 0.370 e. The number of ether oxygens (including phenoxy) is 1. The molecule has 0 bridgehead atoms. The molecule has 1 aliphatic heterocycles. The van der Waals surface area contributed by atoms with Crippen LogP contribution in [0.3, 0.4) is 0 Å². The first kappa shape index (κ1) is 14.0. The summed E-state index contributed by atoms with van der Waals surface area (Å²) >= 11 is 0. The van der Waals surface area contributed by atoms with Crippen molar-refractivity contribution >= 4 is 5.91 Å². The molecular weight excluding hydrogens is 240 g/mol.